The summed E-state index contributed by atoms with van der Waals surface area (Å²) in [6, 6.07) is 4.06. The minimum absolute atomic E-state index is 0.0136. The number of nitrogen functional groups attached to an aromatic ring is 1. The van der Waals surface area contributed by atoms with Crippen molar-refractivity contribution >= 4 is 28.3 Å². The van der Waals surface area contributed by atoms with Crippen LogP contribution in [-0.4, -0.2) is 18.0 Å². The quantitative estimate of drug-likeness (QED) is 0.368. The monoisotopic (exact) mass is 236 g/mol. The van der Waals surface area contributed by atoms with Crippen molar-refractivity contribution in [2.45, 2.75) is 0 Å². The molecular weight excluding hydrogens is 228 g/mol. The number of fused-ring (bicyclic) bond motifs is 1. The fourth-order valence-electron chi connectivity index (χ4n) is 1.52. The fourth-order valence-corrected chi connectivity index (χ4v) is 1.52. The van der Waals surface area contributed by atoms with Crippen LogP contribution in [0.5, 0.6) is 0 Å². The Balaban J connectivity index is 2.73. The summed E-state index contributed by atoms with van der Waals surface area (Å²) in [5.74, 6) is -0.801. The van der Waals surface area contributed by atoms with Crippen molar-refractivity contribution in [2.75, 3.05) is 12.8 Å². The summed E-state index contributed by atoms with van der Waals surface area (Å²) in [4.78, 5) is 21.5. The third-order valence-electron chi connectivity index (χ3n) is 2.27. The molecule has 7 heteroatoms. The third kappa shape index (κ3) is 1.67. The number of esters is 1. The first-order valence-corrected chi connectivity index (χ1v) is 4.59. The number of benzene rings is 1. The SMILES string of the molecule is COC(=O)c1cc2c([N+](=O)[O-])c(N)ccc2o1. The maximum absolute atomic E-state index is 11.2. The molecule has 7 nitrogen and oxygen atoms in total. The fraction of sp³-hybridized carbons (Fsp3) is 0.100. The Labute approximate surface area is 94.9 Å². The van der Waals surface area contributed by atoms with E-state index >= 15 is 0 Å². The van der Waals surface area contributed by atoms with E-state index in [4.69, 9.17) is 10.2 Å². The van der Waals surface area contributed by atoms with Gasteiger partial charge in [-0.2, -0.15) is 0 Å². The first-order valence-electron chi connectivity index (χ1n) is 4.59. The second kappa shape index (κ2) is 3.78. The predicted octanol–water partition coefficient (Wildman–Crippen LogP) is 1.71. The molecule has 88 valence electrons. The Hall–Kier alpha value is -2.57. The van der Waals surface area contributed by atoms with E-state index in [1.54, 1.807) is 0 Å². The molecule has 0 aliphatic rings. The van der Waals surface area contributed by atoms with Gasteiger partial charge in [0.15, 0.2) is 0 Å². The minimum Gasteiger partial charge on any atom is -0.463 e. The zero-order valence-electron chi connectivity index (χ0n) is 8.80. The molecule has 0 saturated carbocycles. The lowest BCUT2D eigenvalue weighted by Crippen LogP contribution is -1.98. The highest BCUT2D eigenvalue weighted by molar-refractivity contribution is 5.98. The number of carbonyl (C=O) groups excluding carboxylic acids is 1. The smallest absolute Gasteiger partial charge is 0.373 e. The van der Waals surface area contributed by atoms with Crippen LogP contribution in [0.25, 0.3) is 11.0 Å². The summed E-state index contributed by atoms with van der Waals surface area (Å²) in [7, 11) is 1.19. The van der Waals surface area contributed by atoms with Gasteiger partial charge in [-0.05, 0) is 12.1 Å². The van der Waals surface area contributed by atoms with Crippen LogP contribution in [0, 0.1) is 10.1 Å². The van der Waals surface area contributed by atoms with Crippen molar-refractivity contribution in [3.8, 4) is 0 Å². The molecule has 0 amide bonds. The number of nitrogens with zero attached hydrogens (tertiary/aromatic N) is 1. The van der Waals surface area contributed by atoms with Gasteiger partial charge in [0.25, 0.3) is 0 Å². The largest absolute Gasteiger partial charge is 0.463 e. The van der Waals surface area contributed by atoms with E-state index in [0.717, 1.165) is 0 Å². The molecule has 0 aliphatic carbocycles. The number of methoxy groups -OCH3 is 1. The van der Waals surface area contributed by atoms with Crippen LogP contribution in [0.3, 0.4) is 0 Å². The van der Waals surface area contributed by atoms with Gasteiger partial charge in [-0.15, -0.1) is 0 Å². The van der Waals surface area contributed by atoms with Crippen LogP contribution in [-0.2, 0) is 4.74 Å². The standard InChI is InChI=1S/C10H8N2O5/c1-16-10(13)8-4-5-7(17-8)3-2-6(11)9(5)12(14)15/h2-4H,11H2,1H3. The normalized spacial score (nSPS) is 10.4. The zero-order valence-corrected chi connectivity index (χ0v) is 8.80. The second-order valence-electron chi connectivity index (χ2n) is 3.27. The number of ether oxygens (including phenoxy) is 1. The molecule has 0 fully saturated rings. The number of carbonyl (C=O) groups is 1. The lowest BCUT2D eigenvalue weighted by Gasteiger charge is -1.96. The number of hydrogen-bond acceptors (Lipinski definition) is 6. The molecule has 0 saturated heterocycles. The van der Waals surface area contributed by atoms with Crippen molar-refractivity contribution < 1.29 is 18.9 Å². The van der Waals surface area contributed by atoms with Crippen molar-refractivity contribution in [1.82, 2.24) is 0 Å². The number of nitro benzene ring substituents is 1. The van der Waals surface area contributed by atoms with Crippen molar-refractivity contribution in [3.05, 3.63) is 34.1 Å². The summed E-state index contributed by atoms with van der Waals surface area (Å²) >= 11 is 0. The molecule has 1 heterocycles. The number of furan rings is 1. The van der Waals surface area contributed by atoms with E-state index in [-0.39, 0.29) is 28.1 Å². The average Bonchev–Trinajstić information content (AvgIpc) is 2.70. The third-order valence-corrected chi connectivity index (χ3v) is 2.27. The molecule has 0 radical (unpaired) electrons. The lowest BCUT2D eigenvalue weighted by atomic mass is 10.2. The van der Waals surface area contributed by atoms with Gasteiger partial charge in [-0.3, -0.25) is 10.1 Å². The van der Waals surface area contributed by atoms with Crippen molar-refractivity contribution in [3.63, 3.8) is 0 Å². The van der Waals surface area contributed by atoms with Crippen LogP contribution >= 0.6 is 0 Å². The number of nitro groups is 1. The highest BCUT2D eigenvalue weighted by atomic mass is 16.6. The second-order valence-corrected chi connectivity index (χ2v) is 3.27. The number of anilines is 1. The van der Waals surface area contributed by atoms with Crippen LogP contribution in [0.1, 0.15) is 10.6 Å². The number of nitrogens with two attached hydrogens (primary N) is 1. The molecule has 2 rings (SSSR count). The van der Waals surface area contributed by atoms with Gasteiger partial charge in [0.2, 0.25) is 5.76 Å². The maximum Gasteiger partial charge on any atom is 0.373 e. The van der Waals surface area contributed by atoms with Gasteiger partial charge in [-0.25, -0.2) is 4.79 Å². The molecule has 0 atom stereocenters. The van der Waals surface area contributed by atoms with Gasteiger partial charge in [0.05, 0.1) is 12.0 Å². The van der Waals surface area contributed by atoms with Crippen molar-refractivity contribution in [2.24, 2.45) is 0 Å². The molecule has 17 heavy (non-hydrogen) atoms. The van der Waals surface area contributed by atoms with Crippen LogP contribution in [0.15, 0.2) is 22.6 Å². The van der Waals surface area contributed by atoms with Crippen LogP contribution in [0.4, 0.5) is 11.4 Å². The Kier molecular flexibility index (Phi) is 2.43. The zero-order chi connectivity index (χ0) is 12.6. The van der Waals surface area contributed by atoms with Crippen LogP contribution in [0.2, 0.25) is 0 Å². The van der Waals surface area contributed by atoms with Crippen LogP contribution < -0.4 is 5.73 Å². The van der Waals surface area contributed by atoms with Gasteiger partial charge in [-0.1, -0.05) is 0 Å². The molecule has 0 bridgehead atoms. The molecule has 0 unspecified atom stereocenters. The highest BCUT2D eigenvalue weighted by Crippen LogP contribution is 2.33. The Morgan fingerprint density at radius 1 is 1.53 bits per heavy atom. The van der Waals surface area contributed by atoms with E-state index < -0.39 is 10.9 Å². The van der Waals surface area contributed by atoms with Gasteiger partial charge >= 0.3 is 11.7 Å². The lowest BCUT2D eigenvalue weighted by molar-refractivity contribution is -0.382. The molecule has 0 spiro atoms. The Bertz CT molecular complexity index is 616. The molecule has 1 aromatic heterocycles. The average molecular weight is 236 g/mol. The predicted molar refractivity (Wildman–Crippen MR) is 58.6 cm³/mol. The first-order chi connectivity index (χ1) is 8.04. The first kappa shape index (κ1) is 10.9. The van der Waals surface area contributed by atoms with Gasteiger partial charge in [0.1, 0.15) is 16.7 Å². The van der Waals surface area contributed by atoms with E-state index in [0.29, 0.717) is 0 Å². The van der Waals surface area contributed by atoms with Gasteiger partial charge in [0, 0.05) is 6.07 Å². The minimum atomic E-state index is -0.700. The summed E-state index contributed by atoms with van der Waals surface area (Å²) in [5, 5.41) is 11.0. The molecule has 2 aromatic rings. The number of hydrogen-bond donors (Lipinski definition) is 1. The number of rotatable bonds is 2. The highest BCUT2D eigenvalue weighted by Gasteiger charge is 2.22. The summed E-state index contributed by atoms with van der Waals surface area (Å²) in [6.45, 7) is 0. The molecular formula is C10H8N2O5. The van der Waals surface area contributed by atoms with E-state index in [1.807, 2.05) is 0 Å². The Morgan fingerprint density at radius 2 is 2.24 bits per heavy atom. The van der Waals surface area contributed by atoms with E-state index in [1.165, 1.54) is 25.3 Å². The maximum atomic E-state index is 11.2. The summed E-state index contributed by atoms with van der Waals surface area (Å²) in [6.07, 6.45) is 0. The topological polar surface area (TPSA) is 109 Å². The Morgan fingerprint density at radius 3 is 2.82 bits per heavy atom. The van der Waals surface area contributed by atoms with Crippen molar-refractivity contribution in [1.29, 1.82) is 0 Å². The molecule has 2 N–H and O–H groups in total. The van der Waals surface area contributed by atoms with E-state index in [2.05, 4.69) is 4.74 Å². The molecule has 1 aromatic carbocycles. The summed E-state index contributed by atoms with van der Waals surface area (Å²) in [5.41, 5.74) is 5.46. The van der Waals surface area contributed by atoms with E-state index in [9.17, 15) is 14.9 Å². The summed E-state index contributed by atoms with van der Waals surface area (Å²) < 4.78 is 9.59. The van der Waals surface area contributed by atoms with Gasteiger partial charge < -0.3 is 14.9 Å². The molecule has 0 aliphatic heterocycles.